The van der Waals surface area contributed by atoms with Crippen molar-refractivity contribution in [2.45, 2.75) is 19.0 Å². The van der Waals surface area contributed by atoms with E-state index in [9.17, 15) is 18.0 Å². The van der Waals surface area contributed by atoms with E-state index in [1.54, 1.807) is 12.1 Å². The molecule has 0 saturated carbocycles. The van der Waals surface area contributed by atoms with Crippen LogP contribution in [-0.2, 0) is 17.4 Å². The summed E-state index contributed by atoms with van der Waals surface area (Å²) in [6, 6.07) is 8.06. The summed E-state index contributed by atoms with van der Waals surface area (Å²) in [5, 5.41) is 2.98. The van der Waals surface area contributed by atoms with Crippen LogP contribution in [0.15, 0.2) is 36.4 Å². The molecule has 2 aromatic rings. The van der Waals surface area contributed by atoms with Crippen molar-refractivity contribution in [3.8, 4) is 23.3 Å². The monoisotopic (exact) mass is 423 g/mol. The molecule has 0 radical (unpaired) electrons. The Kier molecular flexibility index (Phi) is 6.55. The maximum atomic E-state index is 12.7. The number of hydrogen-bond acceptors (Lipinski definition) is 3. The molecule has 4 nitrogen and oxygen atoms in total. The molecule has 1 aliphatic heterocycles. The van der Waals surface area contributed by atoms with Crippen LogP contribution in [0, 0.1) is 11.8 Å². The van der Waals surface area contributed by atoms with Gasteiger partial charge in [-0.25, -0.2) is 0 Å². The van der Waals surface area contributed by atoms with Gasteiger partial charge < -0.3 is 14.8 Å². The van der Waals surface area contributed by atoms with Crippen LogP contribution in [0.3, 0.4) is 0 Å². The topological polar surface area (TPSA) is 47.6 Å². The van der Waals surface area contributed by atoms with E-state index in [0.717, 1.165) is 18.6 Å². The van der Waals surface area contributed by atoms with Crippen molar-refractivity contribution in [1.82, 2.24) is 5.32 Å². The lowest BCUT2D eigenvalue weighted by molar-refractivity contribution is -0.137. The number of benzene rings is 2. The van der Waals surface area contributed by atoms with E-state index in [1.165, 1.54) is 12.1 Å². The molecule has 0 bridgehead atoms. The molecule has 152 valence electrons. The van der Waals surface area contributed by atoms with Crippen molar-refractivity contribution in [3.63, 3.8) is 0 Å². The second kappa shape index (κ2) is 9.10. The minimum atomic E-state index is -4.42. The predicted octanol–water partition coefficient (Wildman–Crippen LogP) is 4.23. The summed E-state index contributed by atoms with van der Waals surface area (Å²) in [7, 11) is 0. The van der Waals surface area contributed by atoms with Gasteiger partial charge in [-0.15, -0.1) is 0 Å². The second-order valence-electron chi connectivity index (χ2n) is 6.29. The highest BCUT2D eigenvalue weighted by molar-refractivity contribution is 6.32. The maximum absolute atomic E-state index is 12.7. The molecular formula is C21H17ClF3NO3. The van der Waals surface area contributed by atoms with Crippen molar-refractivity contribution in [3.05, 3.63) is 58.1 Å². The Morgan fingerprint density at radius 2 is 1.97 bits per heavy atom. The van der Waals surface area contributed by atoms with Crippen molar-refractivity contribution in [1.29, 1.82) is 0 Å². The van der Waals surface area contributed by atoms with Gasteiger partial charge in [0.25, 0.3) is 0 Å². The first-order chi connectivity index (χ1) is 13.8. The van der Waals surface area contributed by atoms with Gasteiger partial charge in [0.1, 0.15) is 0 Å². The Morgan fingerprint density at radius 1 is 1.17 bits per heavy atom. The van der Waals surface area contributed by atoms with E-state index < -0.39 is 11.7 Å². The Morgan fingerprint density at radius 3 is 2.76 bits per heavy atom. The highest BCUT2D eigenvalue weighted by Crippen LogP contribution is 2.38. The van der Waals surface area contributed by atoms with Crippen molar-refractivity contribution in [2.24, 2.45) is 0 Å². The van der Waals surface area contributed by atoms with Gasteiger partial charge in [-0.2, -0.15) is 13.2 Å². The highest BCUT2D eigenvalue weighted by atomic mass is 35.5. The number of hydrogen-bond donors (Lipinski definition) is 1. The first-order valence-corrected chi connectivity index (χ1v) is 9.21. The molecule has 8 heteroatoms. The molecule has 0 atom stereocenters. The molecule has 1 N–H and O–H groups in total. The fraction of sp³-hybridized carbons (Fsp3) is 0.286. The highest BCUT2D eigenvalue weighted by Gasteiger charge is 2.30. The average molecular weight is 424 g/mol. The zero-order chi connectivity index (χ0) is 20.9. The Labute approximate surface area is 171 Å². The van der Waals surface area contributed by atoms with Crippen LogP contribution in [0.1, 0.15) is 23.1 Å². The molecule has 0 fully saturated rings. The first-order valence-electron chi connectivity index (χ1n) is 8.84. The minimum Gasteiger partial charge on any atom is -0.489 e. The number of carbonyl (C=O) groups is 1. The number of alkyl halides is 3. The Bertz CT molecular complexity index is 964. The summed E-state index contributed by atoms with van der Waals surface area (Å²) in [6.07, 6.45) is -3.62. The van der Waals surface area contributed by atoms with Gasteiger partial charge in [-0.3, -0.25) is 4.79 Å². The molecule has 29 heavy (non-hydrogen) atoms. The Hall–Kier alpha value is -2.85. The summed E-state index contributed by atoms with van der Waals surface area (Å²) < 4.78 is 49.2. The third-order valence-corrected chi connectivity index (χ3v) is 4.30. The maximum Gasteiger partial charge on any atom is 0.416 e. The van der Waals surface area contributed by atoms with E-state index in [4.69, 9.17) is 21.1 Å². The van der Waals surface area contributed by atoms with E-state index in [2.05, 4.69) is 17.2 Å². The van der Waals surface area contributed by atoms with Crippen LogP contribution in [-0.4, -0.2) is 25.7 Å². The lowest BCUT2D eigenvalue weighted by atomic mass is 10.1. The van der Waals surface area contributed by atoms with Crippen LogP contribution < -0.4 is 14.8 Å². The molecule has 1 aliphatic rings. The smallest absolute Gasteiger partial charge is 0.416 e. The van der Waals surface area contributed by atoms with Gasteiger partial charge in [-0.05, 0) is 35.9 Å². The SMILES string of the molecule is O=C(Cc1cc(Cl)c2c(c1)OCCCO2)NCC#Cc1cccc(C(F)(F)F)c1. The lowest BCUT2D eigenvalue weighted by Gasteiger charge is -2.11. The van der Waals surface area contributed by atoms with Crippen LogP contribution >= 0.6 is 11.6 Å². The number of ether oxygens (including phenoxy) is 2. The van der Waals surface area contributed by atoms with Gasteiger partial charge in [0.2, 0.25) is 5.91 Å². The molecular weight excluding hydrogens is 407 g/mol. The fourth-order valence-electron chi connectivity index (χ4n) is 2.70. The molecule has 1 amide bonds. The normalized spacial score (nSPS) is 13.1. The van der Waals surface area contributed by atoms with Gasteiger partial charge in [-0.1, -0.05) is 29.5 Å². The third kappa shape index (κ3) is 5.81. The molecule has 0 aromatic heterocycles. The summed E-state index contributed by atoms with van der Waals surface area (Å²) in [5.74, 6) is 5.93. The molecule has 0 saturated heterocycles. The zero-order valence-corrected chi connectivity index (χ0v) is 16.0. The summed E-state index contributed by atoms with van der Waals surface area (Å²) in [5.41, 5.74) is 0.117. The number of rotatable bonds is 3. The summed E-state index contributed by atoms with van der Waals surface area (Å²) in [4.78, 5) is 12.1. The standard InChI is InChI=1S/C21H17ClF3NO3/c22-17-11-15(12-18-20(17)29-9-3-8-28-18)13-19(27)26-7-2-5-14-4-1-6-16(10-14)21(23,24)25/h1,4,6,10-12H,3,7-9,13H2,(H,26,27). The number of carbonyl (C=O) groups excluding carboxylic acids is 1. The average Bonchev–Trinajstić information content (AvgIpc) is 2.91. The summed E-state index contributed by atoms with van der Waals surface area (Å²) in [6.45, 7) is 1.02. The lowest BCUT2D eigenvalue weighted by Crippen LogP contribution is -2.25. The second-order valence-corrected chi connectivity index (χ2v) is 6.70. The molecule has 0 spiro atoms. The predicted molar refractivity (Wildman–Crippen MR) is 102 cm³/mol. The van der Waals surface area contributed by atoms with E-state index >= 15 is 0 Å². The number of nitrogens with one attached hydrogen (secondary N) is 1. The molecule has 3 rings (SSSR count). The molecule has 0 aliphatic carbocycles. The van der Waals surface area contributed by atoms with Gasteiger partial charge >= 0.3 is 6.18 Å². The van der Waals surface area contributed by atoms with E-state index in [1.807, 2.05) is 0 Å². The van der Waals surface area contributed by atoms with Crippen molar-refractivity contribution >= 4 is 17.5 Å². The van der Waals surface area contributed by atoms with Gasteiger partial charge in [0.15, 0.2) is 11.5 Å². The van der Waals surface area contributed by atoms with E-state index in [0.29, 0.717) is 35.3 Å². The van der Waals surface area contributed by atoms with Crippen LogP contribution in [0.4, 0.5) is 13.2 Å². The van der Waals surface area contributed by atoms with E-state index in [-0.39, 0.29) is 24.4 Å². The summed E-state index contributed by atoms with van der Waals surface area (Å²) >= 11 is 6.20. The van der Waals surface area contributed by atoms with Crippen LogP contribution in [0.5, 0.6) is 11.5 Å². The van der Waals surface area contributed by atoms with Crippen molar-refractivity contribution in [2.75, 3.05) is 19.8 Å². The first kappa shape index (κ1) is 20.9. The zero-order valence-electron chi connectivity index (χ0n) is 15.2. The number of amides is 1. The minimum absolute atomic E-state index is 0.00730. The molecule has 2 aromatic carbocycles. The third-order valence-electron chi connectivity index (χ3n) is 4.02. The quantitative estimate of drug-likeness (QED) is 0.751. The fourth-order valence-corrected chi connectivity index (χ4v) is 2.98. The number of fused-ring (bicyclic) bond motifs is 1. The van der Waals surface area contributed by atoms with Gasteiger partial charge in [0.05, 0.1) is 36.8 Å². The van der Waals surface area contributed by atoms with Crippen LogP contribution in [0.2, 0.25) is 5.02 Å². The number of halogens is 4. The van der Waals surface area contributed by atoms with Crippen LogP contribution in [0.25, 0.3) is 0 Å². The Balaban J connectivity index is 1.57. The molecule has 1 heterocycles. The largest absolute Gasteiger partial charge is 0.489 e. The van der Waals surface area contributed by atoms with Gasteiger partial charge in [0, 0.05) is 12.0 Å². The molecule has 0 unspecified atom stereocenters. The van der Waals surface area contributed by atoms with Crippen molar-refractivity contribution < 1.29 is 27.4 Å².